The molecule has 2 atom stereocenters. The quantitative estimate of drug-likeness (QED) is 0.751. The van der Waals surface area contributed by atoms with Crippen molar-refractivity contribution in [3.63, 3.8) is 0 Å². The lowest BCUT2D eigenvalue weighted by atomic mass is 10.1. The van der Waals surface area contributed by atoms with Crippen molar-refractivity contribution in [1.29, 1.82) is 0 Å². The maximum absolute atomic E-state index is 12.3. The average Bonchev–Trinajstić information content (AvgIpc) is 3.01. The molecule has 0 saturated heterocycles. The van der Waals surface area contributed by atoms with Gasteiger partial charge in [-0.05, 0) is 49.6 Å². The van der Waals surface area contributed by atoms with Crippen LogP contribution in [0, 0.1) is 0 Å². The molecule has 0 aliphatic carbocycles. The lowest BCUT2D eigenvalue weighted by Crippen LogP contribution is -2.38. The molecule has 0 fully saturated rings. The van der Waals surface area contributed by atoms with Crippen LogP contribution in [0.5, 0.6) is 0 Å². The number of hydrogen-bond acceptors (Lipinski definition) is 5. The topological polar surface area (TPSA) is 72.7 Å². The number of carbonyl (C=O) groups excluding carboxylic acids is 1. The number of rotatable bonds is 8. The van der Waals surface area contributed by atoms with E-state index in [0.717, 1.165) is 12.8 Å². The molecule has 1 heterocycles. The number of aromatic nitrogens is 4. The van der Waals surface area contributed by atoms with E-state index in [-0.39, 0.29) is 17.2 Å². The molecule has 1 aromatic heterocycles. The van der Waals surface area contributed by atoms with E-state index in [1.54, 1.807) is 4.68 Å². The van der Waals surface area contributed by atoms with Gasteiger partial charge in [0, 0.05) is 12.6 Å². The predicted octanol–water partition coefficient (Wildman–Crippen LogP) is 2.31. The van der Waals surface area contributed by atoms with Gasteiger partial charge in [0.2, 0.25) is 11.1 Å². The van der Waals surface area contributed by atoms with Gasteiger partial charge >= 0.3 is 0 Å². The first-order valence-electron chi connectivity index (χ1n) is 7.87. The maximum Gasteiger partial charge on any atom is 0.233 e. The molecule has 1 amide bonds. The minimum atomic E-state index is -0.231. The highest BCUT2D eigenvalue weighted by Crippen LogP contribution is 2.20. The lowest BCUT2D eigenvalue weighted by Gasteiger charge is -2.17. The summed E-state index contributed by atoms with van der Waals surface area (Å²) in [6.45, 7) is 6.57. The molecule has 23 heavy (non-hydrogen) atoms. The third-order valence-corrected chi connectivity index (χ3v) is 4.62. The van der Waals surface area contributed by atoms with E-state index in [0.29, 0.717) is 11.7 Å². The molecule has 1 N–H and O–H groups in total. The van der Waals surface area contributed by atoms with Crippen LogP contribution in [0.2, 0.25) is 0 Å². The summed E-state index contributed by atoms with van der Waals surface area (Å²) in [6.07, 6.45) is 1.87. The van der Waals surface area contributed by atoms with Crippen molar-refractivity contribution >= 4 is 17.7 Å². The molecule has 0 aliphatic heterocycles. The summed E-state index contributed by atoms with van der Waals surface area (Å²) in [4.78, 5) is 12.3. The van der Waals surface area contributed by atoms with Gasteiger partial charge in [0.15, 0.2) is 0 Å². The Morgan fingerprint density at radius 3 is 2.74 bits per heavy atom. The minimum absolute atomic E-state index is 0.0150. The van der Waals surface area contributed by atoms with Crippen LogP contribution in [-0.4, -0.2) is 37.4 Å². The predicted molar refractivity (Wildman–Crippen MR) is 91.2 cm³/mol. The highest BCUT2D eigenvalue weighted by Gasteiger charge is 2.19. The van der Waals surface area contributed by atoms with Gasteiger partial charge in [-0.3, -0.25) is 4.79 Å². The van der Waals surface area contributed by atoms with E-state index >= 15 is 0 Å². The average molecular weight is 333 g/mol. The molecule has 0 saturated carbocycles. The number of benzene rings is 1. The molecule has 0 bridgehead atoms. The van der Waals surface area contributed by atoms with Crippen LogP contribution in [0.3, 0.4) is 0 Å². The van der Waals surface area contributed by atoms with E-state index in [9.17, 15) is 4.79 Å². The first-order chi connectivity index (χ1) is 11.1. The fourth-order valence-electron chi connectivity index (χ4n) is 2.15. The fraction of sp³-hybridized carbons (Fsp3) is 0.500. The van der Waals surface area contributed by atoms with E-state index < -0.39 is 0 Å². The highest BCUT2D eigenvalue weighted by atomic mass is 32.2. The number of thioether (sulfide) groups is 1. The number of carbonyl (C=O) groups is 1. The summed E-state index contributed by atoms with van der Waals surface area (Å²) in [5.74, 6) is 0.0150. The summed E-state index contributed by atoms with van der Waals surface area (Å²) in [6, 6.07) is 10.4. The molecule has 2 rings (SSSR count). The molecule has 7 heteroatoms. The van der Waals surface area contributed by atoms with Crippen molar-refractivity contribution in [1.82, 2.24) is 25.5 Å². The summed E-state index contributed by atoms with van der Waals surface area (Å²) in [5.41, 5.74) is 1.29. The monoisotopic (exact) mass is 333 g/mol. The standard InChI is InChI=1S/C16H23N5OS/c1-4-21-16(18-19-20-21)23-13(3)15(22)17-12(2)10-11-14-8-6-5-7-9-14/h5-9,12-13H,4,10-11H2,1-3H3,(H,17,22)/t12-,13+/m1/s1. The Hall–Kier alpha value is -1.89. The van der Waals surface area contributed by atoms with Gasteiger partial charge in [0.05, 0.1) is 5.25 Å². The van der Waals surface area contributed by atoms with Gasteiger partial charge < -0.3 is 5.32 Å². The van der Waals surface area contributed by atoms with E-state index in [1.165, 1.54) is 17.3 Å². The number of aryl methyl sites for hydroxylation is 2. The number of nitrogens with one attached hydrogen (secondary N) is 1. The molecule has 6 nitrogen and oxygen atoms in total. The summed E-state index contributed by atoms with van der Waals surface area (Å²) < 4.78 is 1.69. The van der Waals surface area contributed by atoms with Crippen LogP contribution in [0.1, 0.15) is 32.8 Å². The largest absolute Gasteiger partial charge is 0.353 e. The smallest absolute Gasteiger partial charge is 0.233 e. The summed E-state index contributed by atoms with van der Waals surface area (Å²) >= 11 is 1.38. The Bertz CT molecular complexity index is 616. The molecule has 0 aliphatic rings. The number of hydrogen-bond donors (Lipinski definition) is 1. The van der Waals surface area contributed by atoms with Gasteiger partial charge in [0.25, 0.3) is 0 Å². The number of amides is 1. The highest BCUT2D eigenvalue weighted by molar-refractivity contribution is 8.00. The Balaban J connectivity index is 1.78. The molecule has 2 aromatic rings. The molecular weight excluding hydrogens is 310 g/mol. The van der Waals surface area contributed by atoms with Crippen LogP contribution in [-0.2, 0) is 17.8 Å². The second kappa shape index (κ2) is 8.67. The minimum Gasteiger partial charge on any atom is -0.353 e. The van der Waals surface area contributed by atoms with Crippen LogP contribution in [0.15, 0.2) is 35.5 Å². The van der Waals surface area contributed by atoms with Gasteiger partial charge in [-0.15, -0.1) is 5.10 Å². The molecular formula is C16H23N5OS. The molecule has 0 spiro atoms. The SMILES string of the molecule is CCn1nnnc1S[C@@H](C)C(=O)N[C@H](C)CCc1ccccc1. The lowest BCUT2D eigenvalue weighted by molar-refractivity contribution is -0.120. The first kappa shape index (κ1) is 17.5. The van der Waals surface area contributed by atoms with Crippen molar-refractivity contribution in [2.75, 3.05) is 0 Å². The van der Waals surface area contributed by atoms with E-state index in [2.05, 4.69) is 33.0 Å². The molecule has 124 valence electrons. The maximum atomic E-state index is 12.3. The van der Waals surface area contributed by atoms with Gasteiger partial charge in [-0.1, -0.05) is 42.1 Å². The second-order valence-electron chi connectivity index (χ2n) is 5.47. The summed E-state index contributed by atoms with van der Waals surface area (Å²) in [5, 5.41) is 15.0. The van der Waals surface area contributed by atoms with Gasteiger partial charge in [0.1, 0.15) is 0 Å². The normalized spacial score (nSPS) is 13.5. The van der Waals surface area contributed by atoms with E-state index in [4.69, 9.17) is 0 Å². The fourth-order valence-corrected chi connectivity index (χ4v) is 3.01. The Kier molecular flexibility index (Phi) is 6.58. The van der Waals surface area contributed by atoms with Crippen LogP contribution < -0.4 is 5.32 Å². The summed E-state index contributed by atoms with van der Waals surface area (Å²) in [7, 11) is 0. The second-order valence-corrected chi connectivity index (χ2v) is 6.78. The Labute approximate surface area is 141 Å². The van der Waals surface area contributed by atoms with E-state index in [1.807, 2.05) is 39.0 Å². The number of tetrazole rings is 1. The Morgan fingerprint density at radius 1 is 1.30 bits per heavy atom. The van der Waals surface area contributed by atoms with Gasteiger partial charge in [-0.25, -0.2) is 4.68 Å². The van der Waals surface area contributed by atoms with Crippen LogP contribution in [0.4, 0.5) is 0 Å². The van der Waals surface area contributed by atoms with Crippen molar-refractivity contribution in [3.8, 4) is 0 Å². The van der Waals surface area contributed by atoms with Gasteiger partial charge in [-0.2, -0.15) is 0 Å². The zero-order valence-corrected chi connectivity index (χ0v) is 14.6. The first-order valence-corrected chi connectivity index (χ1v) is 8.75. The number of nitrogens with zero attached hydrogens (tertiary/aromatic N) is 4. The van der Waals surface area contributed by atoms with Crippen LogP contribution in [0.25, 0.3) is 0 Å². The molecule has 0 unspecified atom stereocenters. The van der Waals surface area contributed by atoms with Crippen molar-refractivity contribution < 1.29 is 4.79 Å². The zero-order valence-electron chi connectivity index (χ0n) is 13.8. The molecule has 1 aromatic carbocycles. The van der Waals surface area contributed by atoms with Crippen molar-refractivity contribution in [2.24, 2.45) is 0 Å². The third kappa shape index (κ3) is 5.35. The van der Waals surface area contributed by atoms with Crippen molar-refractivity contribution in [2.45, 2.75) is 56.6 Å². The zero-order chi connectivity index (χ0) is 16.7. The van der Waals surface area contributed by atoms with Crippen LogP contribution >= 0.6 is 11.8 Å². The third-order valence-electron chi connectivity index (χ3n) is 3.55. The molecule has 0 radical (unpaired) electrons. The Morgan fingerprint density at radius 2 is 2.04 bits per heavy atom. The van der Waals surface area contributed by atoms with Crippen molar-refractivity contribution in [3.05, 3.63) is 35.9 Å².